The highest BCUT2D eigenvalue weighted by molar-refractivity contribution is 6.01. The normalized spacial score (nSPS) is 11.5. The second-order valence-electron chi connectivity index (χ2n) is 4.89. The summed E-state index contributed by atoms with van der Waals surface area (Å²) in [6, 6.07) is 10.6. The molecule has 2 heterocycles. The molecule has 0 aliphatic heterocycles. The Morgan fingerprint density at radius 2 is 1.77 bits per heavy atom. The topological polar surface area (TPSA) is 113 Å². The smallest absolute Gasteiger partial charge is 0.358 e. The molecular formula is C14H8N4O4. The van der Waals surface area contributed by atoms with Gasteiger partial charge in [0.15, 0.2) is 0 Å². The van der Waals surface area contributed by atoms with Gasteiger partial charge in [0.25, 0.3) is 11.2 Å². The van der Waals surface area contributed by atoms with Gasteiger partial charge in [-0.2, -0.15) is 4.73 Å². The molecule has 0 fully saturated rings. The number of para-hydroxylation sites is 1. The van der Waals surface area contributed by atoms with E-state index in [4.69, 9.17) is 0 Å². The molecule has 2 aromatic carbocycles. The molecule has 8 heteroatoms. The number of nitrogens with zero attached hydrogens (tertiary/aromatic N) is 3. The molecule has 0 saturated carbocycles. The first-order valence-electron chi connectivity index (χ1n) is 6.41. The molecule has 2 aromatic heterocycles. The molecule has 1 N–H and O–H groups in total. The van der Waals surface area contributed by atoms with Crippen molar-refractivity contribution in [3.05, 3.63) is 63.0 Å². The number of non-ortho nitro benzene ring substituents is 1. The summed E-state index contributed by atoms with van der Waals surface area (Å²) in [5, 5.41) is 36.5. The van der Waals surface area contributed by atoms with E-state index in [1.54, 1.807) is 24.3 Å². The number of H-pyrrole nitrogens is 1. The van der Waals surface area contributed by atoms with Crippen molar-refractivity contribution in [1.82, 2.24) is 4.98 Å². The average Bonchev–Trinajstić information content (AvgIpc) is 2.92. The van der Waals surface area contributed by atoms with Crippen molar-refractivity contribution in [3.63, 3.8) is 0 Å². The molecule has 22 heavy (non-hydrogen) atoms. The van der Waals surface area contributed by atoms with Crippen LogP contribution in [0, 0.1) is 20.5 Å². The number of rotatable bonds is 1. The van der Waals surface area contributed by atoms with Crippen LogP contribution < -0.4 is 9.46 Å². The third-order valence-electron chi connectivity index (χ3n) is 3.67. The quantitative estimate of drug-likeness (QED) is 0.249. The summed E-state index contributed by atoms with van der Waals surface area (Å²) in [5.74, 6) is 0. The predicted octanol–water partition coefficient (Wildman–Crippen LogP) is 1.65. The van der Waals surface area contributed by atoms with Gasteiger partial charge in [0, 0.05) is 12.1 Å². The summed E-state index contributed by atoms with van der Waals surface area (Å²) in [5.41, 5.74) is 0.723. The van der Waals surface area contributed by atoms with Crippen molar-refractivity contribution in [1.29, 1.82) is 0 Å². The Bertz CT molecular complexity index is 1090. The molecule has 4 rings (SSSR count). The van der Waals surface area contributed by atoms with Crippen LogP contribution >= 0.6 is 0 Å². The van der Waals surface area contributed by atoms with E-state index in [2.05, 4.69) is 4.98 Å². The fraction of sp³-hybridized carbons (Fsp3) is 0. The van der Waals surface area contributed by atoms with Gasteiger partial charge in [-0.1, -0.05) is 12.1 Å². The average molecular weight is 296 g/mol. The Morgan fingerprint density at radius 3 is 2.55 bits per heavy atom. The molecule has 8 nitrogen and oxygen atoms in total. The molecule has 0 bridgehead atoms. The number of benzene rings is 2. The summed E-state index contributed by atoms with van der Waals surface area (Å²) in [4.78, 5) is 13.1. The maximum atomic E-state index is 12.6. The molecule has 0 saturated heterocycles. The molecule has 0 aliphatic carbocycles. The number of aromatic amines is 1. The summed E-state index contributed by atoms with van der Waals surface area (Å²) in [6.07, 6.45) is 0. The van der Waals surface area contributed by atoms with Crippen LogP contribution in [0.15, 0.2) is 42.5 Å². The van der Waals surface area contributed by atoms with Crippen molar-refractivity contribution in [2.45, 2.75) is 0 Å². The minimum absolute atomic E-state index is 0.0525. The van der Waals surface area contributed by atoms with Crippen molar-refractivity contribution in [2.24, 2.45) is 0 Å². The number of nitrogens with one attached hydrogen (secondary N) is 1. The lowest BCUT2D eigenvalue weighted by Gasteiger charge is -2.08. The van der Waals surface area contributed by atoms with Gasteiger partial charge < -0.3 is 10.4 Å². The molecule has 0 unspecified atom stereocenters. The van der Waals surface area contributed by atoms with E-state index >= 15 is 0 Å². The van der Waals surface area contributed by atoms with E-state index in [0.29, 0.717) is 20.4 Å². The van der Waals surface area contributed by atoms with Crippen molar-refractivity contribution in [2.75, 3.05) is 0 Å². The van der Waals surface area contributed by atoms with Crippen LogP contribution in [0.4, 0.5) is 5.69 Å². The Morgan fingerprint density at radius 1 is 1.00 bits per heavy atom. The number of nitro benzene ring substituents is 1. The third kappa shape index (κ3) is 1.46. The SMILES string of the molecule is O=[N+]([O-])c1ccc2c(c1)[n+]([O-])c1[nH]c3ccccc3c1[n+]2[O-]. The minimum atomic E-state index is -0.607. The first-order chi connectivity index (χ1) is 10.6. The summed E-state index contributed by atoms with van der Waals surface area (Å²) in [6.45, 7) is 0. The fourth-order valence-electron chi connectivity index (χ4n) is 2.67. The molecule has 108 valence electrons. The maximum Gasteiger partial charge on any atom is 0.358 e. The van der Waals surface area contributed by atoms with Crippen molar-refractivity contribution >= 4 is 38.8 Å². The van der Waals surface area contributed by atoms with E-state index in [-0.39, 0.29) is 27.9 Å². The molecule has 0 spiro atoms. The lowest BCUT2D eigenvalue weighted by atomic mass is 10.2. The zero-order valence-electron chi connectivity index (χ0n) is 11.0. The third-order valence-corrected chi connectivity index (χ3v) is 3.67. The van der Waals surface area contributed by atoms with Gasteiger partial charge in [-0.05, 0) is 12.1 Å². The van der Waals surface area contributed by atoms with Crippen molar-refractivity contribution < 1.29 is 14.4 Å². The molecular weight excluding hydrogens is 288 g/mol. The van der Waals surface area contributed by atoms with Crippen LogP contribution in [-0.4, -0.2) is 9.91 Å². The van der Waals surface area contributed by atoms with Gasteiger partial charge in [-0.3, -0.25) is 10.1 Å². The minimum Gasteiger partial charge on any atom is -0.710 e. The predicted molar refractivity (Wildman–Crippen MR) is 77.9 cm³/mol. The zero-order valence-corrected chi connectivity index (χ0v) is 11.0. The molecule has 4 aromatic rings. The number of hydrogen-bond acceptors (Lipinski definition) is 4. The Labute approximate surface area is 122 Å². The Balaban J connectivity index is 2.26. The Hall–Kier alpha value is -3.42. The van der Waals surface area contributed by atoms with Crippen LogP contribution in [0.25, 0.3) is 33.1 Å². The zero-order chi connectivity index (χ0) is 15.4. The monoisotopic (exact) mass is 296 g/mol. The van der Waals surface area contributed by atoms with E-state index < -0.39 is 4.92 Å². The van der Waals surface area contributed by atoms with Crippen LogP contribution in [0.3, 0.4) is 0 Å². The highest BCUT2D eigenvalue weighted by atomic mass is 16.6. The van der Waals surface area contributed by atoms with E-state index in [1.165, 1.54) is 12.1 Å². The number of hydrogen-bond donors (Lipinski definition) is 1. The summed E-state index contributed by atoms with van der Waals surface area (Å²) < 4.78 is 1.15. The number of aromatic nitrogens is 3. The maximum absolute atomic E-state index is 12.6. The van der Waals surface area contributed by atoms with Crippen molar-refractivity contribution in [3.8, 4) is 0 Å². The van der Waals surface area contributed by atoms with Gasteiger partial charge >= 0.3 is 11.2 Å². The second-order valence-corrected chi connectivity index (χ2v) is 4.89. The number of fused-ring (bicyclic) bond motifs is 4. The standard InChI is InChI=1S/C14H8N4O4/c19-16-11-6-5-8(18(21)22)7-12(11)17(20)14-13(16)9-3-1-2-4-10(9)15-14/h1-7,15H. The molecule has 0 atom stereocenters. The highest BCUT2D eigenvalue weighted by Crippen LogP contribution is 2.23. The number of nitro groups is 1. The first kappa shape index (κ1) is 12.3. The summed E-state index contributed by atoms with van der Waals surface area (Å²) in [7, 11) is 0. The molecule has 0 aliphatic rings. The van der Waals surface area contributed by atoms with Gasteiger partial charge in [-0.25, -0.2) is 9.71 Å². The fourth-order valence-corrected chi connectivity index (χ4v) is 2.67. The Kier molecular flexibility index (Phi) is 2.27. The van der Waals surface area contributed by atoms with Gasteiger partial charge in [0.05, 0.1) is 11.0 Å². The first-order valence-corrected chi connectivity index (χ1v) is 6.41. The molecule has 0 radical (unpaired) electrons. The van der Waals surface area contributed by atoms with E-state index in [9.17, 15) is 20.5 Å². The van der Waals surface area contributed by atoms with Crippen LogP contribution in [0.1, 0.15) is 0 Å². The highest BCUT2D eigenvalue weighted by Gasteiger charge is 2.26. The van der Waals surface area contributed by atoms with Crippen LogP contribution in [0.2, 0.25) is 0 Å². The van der Waals surface area contributed by atoms with Crippen LogP contribution in [-0.2, 0) is 0 Å². The van der Waals surface area contributed by atoms with Gasteiger partial charge in [0.2, 0.25) is 5.52 Å². The van der Waals surface area contributed by atoms with Gasteiger partial charge in [0.1, 0.15) is 10.9 Å². The summed E-state index contributed by atoms with van der Waals surface area (Å²) >= 11 is 0. The lowest BCUT2D eigenvalue weighted by molar-refractivity contribution is -0.591. The lowest BCUT2D eigenvalue weighted by Crippen LogP contribution is -2.39. The molecule has 0 amide bonds. The van der Waals surface area contributed by atoms with E-state index in [1.807, 2.05) is 0 Å². The second kappa shape index (κ2) is 4.04. The van der Waals surface area contributed by atoms with Gasteiger partial charge in [-0.15, -0.1) is 0 Å². The van der Waals surface area contributed by atoms with E-state index in [0.717, 1.165) is 6.07 Å². The van der Waals surface area contributed by atoms with Crippen LogP contribution in [0.5, 0.6) is 0 Å². The largest absolute Gasteiger partial charge is 0.710 e.